The highest BCUT2D eigenvalue weighted by Gasteiger charge is 2.12. The first-order chi connectivity index (χ1) is 9.38. The molecule has 0 saturated carbocycles. The molecule has 0 spiro atoms. The van der Waals surface area contributed by atoms with Crippen molar-refractivity contribution in [3.8, 4) is 5.88 Å². The molecule has 1 aromatic rings. The monoisotopic (exact) mass is 266 g/mol. The number of aromatic nitrogens is 2. The Morgan fingerprint density at radius 2 is 2.21 bits per heavy atom. The number of piperidine rings is 1. The first kappa shape index (κ1) is 14.0. The molecule has 0 atom stereocenters. The van der Waals surface area contributed by atoms with E-state index in [1.165, 1.54) is 0 Å². The van der Waals surface area contributed by atoms with E-state index in [1.807, 2.05) is 0 Å². The van der Waals surface area contributed by atoms with Gasteiger partial charge in [0.2, 0.25) is 5.88 Å². The Labute approximate surface area is 113 Å². The summed E-state index contributed by atoms with van der Waals surface area (Å²) in [6.07, 6.45) is 6.91. The van der Waals surface area contributed by atoms with E-state index in [9.17, 15) is 0 Å². The molecule has 0 aliphatic carbocycles. The van der Waals surface area contributed by atoms with Crippen LogP contribution in [0.2, 0.25) is 0 Å². The van der Waals surface area contributed by atoms with E-state index in [0.29, 0.717) is 12.0 Å². The number of nitrogens with zero attached hydrogens (tertiary/aromatic N) is 2. The fourth-order valence-corrected chi connectivity index (χ4v) is 2.03. The number of hydrogen-bond acceptors (Lipinski definition) is 6. The number of hydrogen-bond donors (Lipinski definition) is 2. The second-order valence-corrected chi connectivity index (χ2v) is 4.55. The molecule has 1 aliphatic rings. The third kappa shape index (κ3) is 5.00. The lowest BCUT2D eigenvalue weighted by atomic mass is 10.1. The van der Waals surface area contributed by atoms with E-state index in [-0.39, 0.29) is 0 Å². The van der Waals surface area contributed by atoms with Gasteiger partial charge in [-0.15, -0.1) is 0 Å². The maximum Gasteiger partial charge on any atom is 0.233 e. The van der Waals surface area contributed by atoms with E-state index in [2.05, 4.69) is 20.6 Å². The largest absolute Gasteiger partial charge is 0.480 e. The molecule has 6 nitrogen and oxygen atoms in total. The van der Waals surface area contributed by atoms with Gasteiger partial charge in [-0.2, -0.15) is 4.98 Å². The van der Waals surface area contributed by atoms with Crippen LogP contribution in [-0.4, -0.2) is 49.4 Å². The van der Waals surface area contributed by atoms with Crippen molar-refractivity contribution in [1.82, 2.24) is 15.3 Å². The fraction of sp³-hybridized carbons (Fsp3) is 0.692. The summed E-state index contributed by atoms with van der Waals surface area (Å²) in [6.45, 7) is 3.76. The van der Waals surface area contributed by atoms with Crippen molar-refractivity contribution in [2.24, 2.45) is 0 Å². The summed E-state index contributed by atoms with van der Waals surface area (Å²) < 4.78 is 10.8. The maximum atomic E-state index is 5.83. The van der Waals surface area contributed by atoms with Gasteiger partial charge in [0.15, 0.2) is 0 Å². The smallest absolute Gasteiger partial charge is 0.233 e. The van der Waals surface area contributed by atoms with E-state index in [4.69, 9.17) is 9.47 Å². The van der Waals surface area contributed by atoms with Crippen LogP contribution >= 0.6 is 0 Å². The molecule has 2 N–H and O–H groups in total. The topological polar surface area (TPSA) is 68.3 Å². The molecular weight excluding hydrogens is 244 g/mol. The number of ether oxygens (including phenoxy) is 2. The van der Waals surface area contributed by atoms with Crippen LogP contribution in [0.5, 0.6) is 5.88 Å². The van der Waals surface area contributed by atoms with Crippen molar-refractivity contribution in [2.45, 2.75) is 25.4 Å². The van der Waals surface area contributed by atoms with Crippen LogP contribution in [0.4, 0.5) is 5.82 Å². The van der Waals surface area contributed by atoms with E-state index < -0.39 is 0 Å². The molecule has 1 fully saturated rings. The van der Waals surface area contributed by atoms with Gasteiger partial charge in [-0.05, 0) is 32.4 Å². The van der Waals surface area contributed by atoms with Crippen molar-refractivity contribution in [3.63, 3.8) is 0 Å². The predicted molar refractivity (Wildman–Crippen MR) is 73.5 cm³/mol. The normalized spacial score (nSPS) is 16.3. The first-order valence-electron chi connectivity index (χ1n) is 6.80. The molecule has 106 valence electrons. The number of rotatable bonds is 7. The molecule has 1 aliphatic heterocycles. The summed E-state index contributed by atoms with van der Waals surface area (Å²) in [5.74, 6) is 1.26. The summed E-state index contributed by atoms with van der Waals surface area (Å²) in [7, 11) is 1.58. The zero-order valence-electron chi connectivity index (χ0n) is 11.4. The Bertz CT molecular complexity index is 369. The van der Waals surface area contributed by atoms with Gasteiger partial charge in [-0.25, -0.2) is 0 Å². The maximum absolute atomic E-state index is 5.83. The quantitative estimate of drug-likeness (QED) is 0.719. The Kier molecular flexibility index (Phi) is 5.84. The van der Waals surface area contributed by atoms with Crippen LogP contribution in [0.15, 0.2) is 12.4 Å². The SMILES string of the molecule is COc1cncc(NCCCOC2CCNCC2)n1. The van der Waals surface area contributed by atoms with Crippen molar-refractivity contribution in [2.75, 3.05) is 38.7 Å². The Morgan fingerprint density at radius 3 is 3.00 bits per heavy atom. The van der Waals surface area contributed by atoms with E-state index >= 15 is 0 Å². The van der Waals surface area contributed by atoms with Crippen molar-refractivity contribution in [1.29, 1.82) is 0 Å². The molecule has 0 amide bonds. The summed E-state index contributed by atoms with van der Waals surface area (Å²) in [5.41, 5.74) is 0. The molecule has 0 aromatic carbocycles. The summed E-state index contributed by atoms with van der Waals surface area (Å²) in [6, 6.07) is 0. The van der Waals surface area contributed by atoms with Crippen LogP contribution in [0.25, 0.3) is 0 Å². The molecular formula is C13H22N4O2. The minimum atomic E-state index is 0.429. The van der Waals surface area contributed by atoms with Crippen LogP contribution in [0.3, 0.4) is 0 Å². The minimum absolute atomic E-state index is 0.429. The van der Waals surface area contributed by atoms with Gasteiger partial charge in [-0.3, -0.25) is 4.98 Å². The van der Waals surface area contributed by atoms with Gasteiger partial charge in [0.05, 0.1) is 25.6 Å². The van der Waals surface area contributed by atoms with E-state index in [0.717, 1.165) is 51.3 Å². The lowest BCUT2D eigenvalue weighted by Crippen LogP contribution is -2.32. The van der Waals surface area contributed by atoms with Crippen molar-refractivity contribution < 1.29 is 9.47 Å². The molecule has 0 unspecified atom stereocenters. The van der Waals surface area contributed by atoms with Crippen LogP contribution in [0, 0.1) is 0 Å². The Hall–Kier alpha value is -1.40. The predicted octanol–water partition coefficient (Wildman–Crippen LogP) is 1.06. The molecule has 2 heterocycles. The highest BCUT2D eigenvalue weighted by molar-refractivity contribution is 5.32. The molecule has 1 aromatic heterocycles. The molecule has 0 radical (unpaired) electrons. The third-order valence-electron chi connectivity index (χ3n) is 3.09. The van der Waals surface area contributed by atoms with Gasteiger partial charge in [0, 0.05) is 13.2 Å². The van der Waals surface area contributed by atoms with Gasteiger partial charge < -0.3 is 20.1 Å². The molecule has 1 saturated heterocycles. The highest BCUT2D eigenvalue weighted by atomic mass is 16.5. The Morgan fingerprint density at radius 1 is 1.37 bits per heavy atom. The molecule has 0 bridgehead atoms. The average molecular weight is 266 g/mol. The highest BCUT2D eigenvalue weighted by Crippen LogP contribution is 2.09. The minimum Gasteiger partial charge on any atom is -0.480 e. The number of nitrogens with one attached hydrogen (secondary N) is 2. The standard InChI is InChI=1S/C13H22N4O2/c1-18-13-10-15-9-12(17-13)16-5-2-8-19-11-3-6-14-7-4-11/h9-11,14H,2-8H2,1H3,(H,16,17). The van der Waals surface area contributed by atoms with Crippen LogP contribution < -0.4 is 15.4 Å². The zero-order chi connectivity index (χ0) is 13.3. The lowest BCUT2D eigenvalue weighted by Gasteiger charge is -2.22. The fourth-order valence-electron chi connectivity index (χ4n) is 2.03. The average Bonchev–Trinajstić information content (AvgIpc) is 2.48. The molecule has 19 heavy (non-hydrogen) atoms. The van der Waals surface area contributed by atoms with E-state index in [1.54, 1.807) is 19.5 Å². The summed E-state index contributed by atoms with van der Waals surface area (Å²) in [5, 5.41) is 6.54. The van der Waals surface area contributed by atoms with Gasteiger partial charge in [0.1, 0.15) is 5.82 Å². The third-order valence-corrected chi connectivity index (χ3v) is 3.09. The van der Waals surface area contributed by atoms with Crippen molar-refractivity contribution >= 4 is 5.82 Å². The van der Waals surface area contributed by atoms with Crippen LogP contribution in [0.1, 0.15) is 19.3 Å². The molecule has 6 heteroatoms. The second kappa shape index (κ2) is 7.91. The number of methoxy groups -OCH3 is 1. The molecule has 2 rings (SSSR count). The zero-order valence-corrected chi connectivity index (χ0v) is 11.4. The van der Waals surface area contributed by atoms with Crippen LogP contribution in [-0.2, 0) is 4.74 Å². The van der Waals surface area contributed by atoms with Gasteiger partial charge in [0.25, 0.3) is 0 Å². The number of anilines is 1. The Balaban J connectivity index is 1.58. The second-order valence-electron chi connectivity index (χ2n) is 4.55. The summed E-state index contributed by atoms with van der Waals surface area (Å²) in [4.78, 5) is 8.27. The van der Waals surface area contributed by atoms with Crippen molar-refractivity contribution in [3.05, 3.63) is 12.4 Å². The van der Waals surface area contributed by atoms with Gasteiger partial charge >= 0.3 is 0 Å². The van der Waals surface area contributed by atoms with Gasteiger partial charge in [-0.1, -0.05) is 0 Å². The lowest BCUT2D eigenvalue weighted by molar-refractivity contribution is 0.0329. The summed E-state index contributed by atoms with van der Waals surface area (Å²) >= 11 is 0. The first-order valence-corrected chi connectivity index (χ1v) is 6.80.